The van der Waals surface area contributed by atoms with Gasteiger partial charge in [0.2, 0.25) is 0 Å². The molecule has 0 bridgehead atoms. The molecule has 10 heteroatoms. The van der Waals surface area contributed by atoms with Crippen LogP contribution in [0.5, 0.6) is 0 Å². The Morgan fingerprint density at radius 1 is 1.15 bits per heavy atom. The molecule has 8 nitrogen and oxygen atoms in total. The third-order valence-corrected chi connectivity index (χ3v) is 5.83. The first-order valence-corrected chi connectivity index (χ1v) is 11.6. The van der Waals surface area contributed by atoms with Gasteiger partial charge in [0.25, 0.3) is 5.91 Å². The number of halogens is 1. The highest BCUT2D eigenvalue weighted by molar-refractivity contribution is 7.78. The van der Waals surface area contributed by atoms with Crippen molar-refractivity contribution in [2.24, 2.45) is 0 Å². The number of nitrogens with zero attached hydrogens (tertiary/aromatic N) is 3. The van der Waals surface area contributed by atoms with Crippen LogP contribution in [0.1, 0.15) is 38.4 Å². The van der Waals surface area contributed by atoms with Gasteiger partial charge in [0.1, 0.15) is 11.6 Å². The number of pyridine rings is 3. The molecule has 4 aromatic rings. The Labute approximate surface area is 197 Å². The molecular formula is C24H21FN5O3S-. The predicted molar refractivity (Wildman–Crippen MR) is 126 cm³/mol. The minimum absolute atomic E-state index is 0.238. The number of nitrogen functional groups attached to an aromatic ring is 1. The number of aromatic nitrogens is 3. The van der Waals surface area contributed by atoms with Gasteiger partial charge in [-0.2, -0.15) is 0 Å². The van der Waals surface area contributed by atoms with Gasteiger partial charge in [0.05, 0.1) is 11.7 Å². The van der Waals surface area contributed by atoms with Gasteiger partial charge in [-0.3, -0.25) is 19.0 Å². The Morgan fingerprint density at radius 2 is 1.97 bits per heavy atom. The van der Waals surface area contributed by atoms with E-state index in [-0.39, 0.29) is 11.7 Å². The number of hydrogen-bond acceptors (Lipinski definition) is 7. The molecule has 1 amide bonds. The largest absolute Gasteiger partial charge is 0.772 e. The van der Waals surface area contributed by atoms with E-state index in [1.54, 1.807) is 30.3 Å². The van der Waals surface area contributed by atoms with Crippen molar-refractivity contribution in [3.05, 3.63) is 94.3 Å². The highest BCUT2D eigenvalue weighted by atomic mass is 32.2. The molecular weight excluding hydrogens is 457 g/mol. The van der Waals surface area contributed by atoms with Gasteiger partial charge in [0, 0.05) is 47.3 Å². The first-order chi connectivity index (χ1) is 16.3. The normalized spacial score (nSPS) is 12.0. The van der Waals surface area contributed by atoms with Crippen LogP contribution in [0.2, 0.25) is 0 Å². The summed E-state index contributed by atoms with van der Waals surface area (Å²) >= 11 is -2.33. The van der Waals surface area contributed by atoms with E-state index >= 15 is 0 Å². The van der Waals surface area contributed by atoms with E-state index in [0.717, 1.165) is 23.0 Å². The van der Waals surface area contributed by atoms with Crippen LogP contribution < -0.4 is 11.1 Å². The molecule has 34 heavy (non-hydrogen) atoms. The summed E-state index contributed by atoms with van der Waals surface area (Å²) in [7, 11) is 0. The monoisotopic (exact) mass is 478 g/mol. The molecule has 0 radical (unpaired) electrons. The number of nitrogens with one attached hydrogen (secondary N) is 1. The van der Waals surface area contributed by atoms with E-state index in [9.17, 15) is 17.9 Å². The molecule has 4 rings (SSSR count). The maximum atomic E-state index is 13.7. The Morgan fingerprint density at radius 3 is 2.74 bits per heavy atom. The second kappa shape index (κ2) is 10.0. The number of carbonyl (C=O) groups is 1. The fraction of sp³-hybridized carbons (Fsp3) is 0.167. The maximum absolute atomic E-state index is 13.7. The van der Waals surface area contributed by atoms with Crippen molar-refractivity contribution in [1.82, 2.24) is 20.3 Å². The highest BCUT2D eigenvalue weighted by Crippen LogP contribution is 2.23. The molecule has 3 heterocycles. The van der Waals surface area contributed by atoms with E-state index in [2.05, 4.69) is 20.3 Å². The SMILES string of the molecule is Cc1nc(N)ccc1CNC(=O)c1ccnc(Cc2cc(CS(=O)[O-])c3ncc(F)cc3c2)c1. The number of nitrogens with two attached hydrogens (primary N) is 1. The van der Waals surface area contributed by atoms with Crippen LogP contribution >= 0.6 is 0 Å². The molecule has 1 atom stereocenters. The molecule has 0 saturated heterocycles. The summed E-state index contributed by atoms with van der Waals surface area (Å²) in [6.45, 7) is 2.12. The lowest BCUT2D eigenvalue weighted by Crippen LogP contribution is -2.23. The molecule has 1 unspecified atom stereocenters. The molecule has 0 fully saturated rings. The molecule has 0 saturated carbocycles. The summed E-state index contributed by atoms with van der Waals surface area (Å²) < 4.78 is 36.3. The first-order valence-electron chi connectivity index (χ1n) is 10.4. The zero-order chi connectivity index (χ0) is 24.2. The summed E-state index contributed by atoms with van der Waals surface area (Å²) in [5.41, 5.74) is 9.95. The van der Waals surface area contributed by atoms with Crippen LogP contribution in [-0.2, 0) is 29.8 Å². The number of carbonyl (C=O) groups excluding carboxylic acids is 1. The molecule has 174 valence electrons. The van der Waals surface area contributed by atoms with Gasteiger partial charge in [-0.25, -0.2) is 9.37 Å². The van der Waals surface area contributed by atoms with Crippen LogP contribution in [0.3, 0.4) is 0 Å². The quantitative estimate of drug-likeness (QED) is 0.390. The fourth-order valence-corrected chi connectivity index (χ4v) is 4.18. The van der Waals surface area contributed by atoms with Crippen LogP contribution in [0.4, 0.5) is 10.2 Å². The van der Waals surface area contributed by atoms with Crippen LogP contribution in [-0.4, -0.2) is 29.6 Å². The van der Waals surface area contributed by atoms with E-state index in [1.807, 2.05) is 13.0 Å². The second-order valence-electron chi connectivity index (χ2n) is 7.80. The lowest BCUT2D eigenvalue weighted by molar-refractivity contribution is 0.0950. The number of amides is 1. The average molecular weight is 479 g/mol. The zero-order valence-corrected chi connectivity index (χ0v) is 19.1. The van der Waals surface area contributed by atoms with Crippen LogP contribution in [0.25, 0.3) is 10.9 Å². The first kappa shape index (κ1) is 23.4. The molecule has 0 aliphatic rings. The smallest absolute Gasteiger partial charge is 0.251 e. The van der Waals surface area contributed by atoms with Gasteiger partial charge in [-0.15, -0.1) is 0 Å². The topological polar surface area (TPSA) is 134 Å². The van der Waals surface area contributed by atoms with Gasteiger partial charge in [-0.1, -0.05) is 23.2 Å². The Bertz CT molecular complexity index is 1410. The van der Waals surface area contributed by atoms with Crippen molar-refractivity contribution in [1.29, 1.82) is 0 Å². The number of rotatable bonds is 7. The van der Waals surface area contributed by atoms with Crippen molar-refractivity contribution in [2.45, 2.75) is 25.6 Å². The molecule has 3 N–H and O–H groups in total. The zero-order valence-electron chi connectivity index (χ0n) is 18.2. The van der Waals surface area contributed by atoms with Crippen molar-refractivity contribution < 1.29 is 17.9 Å². The van der Waals surface area contributed by atoms with Crippen LogP contribution in [0.15, 0.2) is 54.9 Å². The van der Waals surface area contributed by atoms with E-state index in [1.165, 1.54) is 12.3 Å². The number of fused-ring (bicyclic) bond motifs is 1. The second-order valence-corrected chi connectivity index (χ2v) is 8.70. The minimum atomic E-state index is -2.33. The van der Waals surface area contributed by atoms with Crippen molar-refractivity contribution in [2.75, 3.05) is 5.73 Å². The van der Waals surface area contributed by atoms with Crippen molar-refractivity contribution >= 4 is 33.7 Å². The Balaban J connectivity index is 1.54. The van der Waals surface area contributed by atoms with Gasteiger partial charge >= 0.3 is 0 Å². The summed E-state index contributed by atoms with van der Waals surface area (Å²) in [6, 6.07) is 11.6. The van der Waals surface area contributed by atoms with Crippen molar-refractivity contribution in [3.8, 4) is 0 Å². The average Bonchev–Trinajstić information content (AvgIpc) is 2.78. The van der Waals surface area contributed by atoms with E-state index in [4.69, 9.17) is 5.73 Å². The Hall–Kier alpha value is -3.76. The van der Waals surface area contributed by atoms with E-state index in [0.29, 0.717) is 46.5 Å². The van der Waals surface area contributed by atoms with Crippen molar-refractivity contribution in [3.63, 3.8) is 0 Å². The standard InChI is InChI=1S/C24H22FN5O3S/c1-14-17(2-3-22(26)30-14)11-29-24(31)16-4-5-27-21(10-16)8-15-6-18-9-20(25)12-28-23(18)19(7-15)13-34(32)33/h2-7,9-10,12H,8,11,13H2,1H3,(H2,26,30)(H,29,31)(H,32,33)/p-1. The third kappa shape index (κ3) is 5.59. The van der Waals surface area contributed by atoms with Crippen LogP contribution in [0, 0.1) is 12.7 Å². The van der Waals surface area contributed by atoms with Gasteiger partial charge in [0.15, 0.2) is 0 Å². The van der Waals surface area contributed by atoms with Gasteiger partial charge in [-0.05, 0) is 53.9 Å². The summed E-state index contributed by atoms with van der Waals surface area (Å²) in [5, 5.41) is 3.36. The number of benzene rings is 1. The molecule has 0 spiro atoms. The summed E-state index contributed by atoms with van der Waals surface area (Å²) in [5.74, 6) is -0.601. The van der Waals surface area contributed by atoms with Gasteiger partial charge < -0.3 is 15.6 Å². The molecule has 0 aliphatic carbocycles. The number of aryl methyl sites for hydroxylation is 1. The fourth-order valence-electron chi connectivity index (χ4n) is 3.70. The number of hydrogen-bond donors (Lipinski definition) is 2. The maximum Gasteiger partial charge on any atom is 0.251 e. The highest BCUT2D eigenvalue weighted by Gasteiger charge is 2.11. The lowest BCUT2D eigenvalue weighted by atomic mass is 10.0. The number of anilines is 1. The predicted octanol–water partition coefficient (Wildman–Crippen LogP) is 2.95. The summed E-state index contributed by atoms with van der Waals surface area (Å²) in [4.78, 5) is 25.3. The molecule has 0 aliphatic heterocycles. The third-order valence-electron chi connectivity index (χ3n) is 5.28. The minimum Gasteiger partial charge on any atom is -0.772 e. The Kier molecular flexibility index (Phi) is 6.90. The lowest BCUT2D eigenvalue weighted by Gasteiger charge is -2.12. The molecule has 1 aromatic carbocycles. The van der Waals surface area contributed by atoms with E-state index < -0.39 is 16.9 Å². The molecule has 3 aromatic heterocycles. The summed E-state index contributed by atoms with van der Waals surface area (Å²) in [6.07, 6.45) is 2.92.